The summed E-state index contributed by atoms with van der Waals surface area (Å²) >= 11 is 0. The Morgan fingerprint density at radius 3 is 2.67 bits per heavy atom. The molecule has 0 heterocycles. The van der Waals surface area contributed by atoms with Crippen molar-refractivity contribution >= 4 is 5.69 Å². The highest BCUT2D eigenvalue weighted by molar-refractivity contribution is 5.51. The van der Waals surface area contributed by atoms with E-state index in [9.17, 15) is 0 Å². The molecule has 0 aliphatic rings. The highest BCUT2D eigenvalue weighted by Crippen LogP contribution is 2.17. The van der Waals surface area contributed by atoms with Crippen molar-refractivity contribution in [1.29, 1.82) is 0 Å². The topological polar surface area (TPSA) is 21.3 Å². The first-order valence-corrected chi connectivity index (χ1v) is 5.70. The molecule has 1 unspecified atom stereocenters. The quantitative estimate of drug-likeness (QED) is 0.771. The van der Waals surface area contributed by atoms with Gasteiger partial charge in [0.1, 0.15) is 0 Å². The predicted octanol–water partition coefficient (Wildman–Crippen LogP) is 3.43. The zero-order valence-corrected chi connectivity index (χ0v) is 9.92. The average Bonchev–Trinajstić information content (AvgIpc) is 2.28. The third kappa shape index (κ3) is 3.92. The van der Waals surface area contributed by atoms with E-state index in [2.05, 4.69) is 43.4 Å². The van der Waals surface area contributed by atoms with E-state index in [0.29, 0.717) is 12.6 Å². The molecule has 1 N–H and O–H groups in total. The maximum Gasteiger partial charge on any atom is 0.0736 e. The Morgan fingerprint density at radius 2 is 2.00 bits per heavy atom. The van der Waals surface area contributed by atoms with E-state index >= 15 is 0 Å². The van der Waals surface area contributed by atoms with Crippen LogP contribution in [0.2, 0.25) is 0 Å². The predicted molar refractivity (Wildman–Crippen MR) is 65.1 cm³/mol. The first-order chi connectivity index (χ1) is 7.27. The maximum atomic E-state index is 5.44. The molecule has 2 nitrogen and oxygen atoms in total. The summed E-state index contributed by atoms with van der Waals surface area (Å²) in [5.41, 5.74) is 2.43. The van der Waals surface area contributed by atoms with Gasteiger partial charge in [-0.2, -0.15) is 0 Å². The fourth-order valence-electron chi connectivity index (χ4n) is 1.37. The van der Waals surface area contributed by atoms with Crippen LogP contribution in [-0.2, 0) is 11.3 Å². The van der Waals surface area contributed by atoms with E-state index < -0.39 is 0 Å². The highest BCUT2D eigenvalue weighted by atomic mass is 16.5. The van der Waals surface area contributed by atoms with Gasteiger partial charge in [-0.3, -0.25) is 0 Å². The summed E-state index contributed by atoms with van der Waals surface area (Å²) in [6.45, 7) is 7.85. The SMILES string of the molecule is CCOCc1ccccc1NC(C)CC. The molecule has 0 saturated heterocycles. The minimum atomic E-state index is 0.507. The molecule has 0 amide bonds. The van der Waals surface area contributed by atoms with E-state index in [1.807, 2.05) is 6.92 Å². The molecule has 0 radical (unpaired) electrons. The number of hydrogen-bond acceptors (Lipinski definition) is 2. The van der Waals surface area contributed by atoms with Crippen molar-refractivity contribution in [2.45, 2.75) is 39.8 Å². The van der Waals surface area contributed by atoms with Gasteiger partial charge in [-0.25, -0.2) is 0 Å². The lowest BCUT2D eigenvalue weighted by Gasteiger charge is -2.16. The van der Waals surface area contributed by atoms with Gasteiger partial charge in [-0.05, 0) is 26.3 Å². The third-order valence-corrected chi connectivity index (χ3v) is 2.49. The van der Waals surface area contributed by atoms with Crippen LogP contribution in [-0.4, -0.2) is 12.6 Å². The molecule has 0 saturated carbocycles. The van der Waals surface area contributed by atoms with Crippen molar-refractivity contribution in [2.75, 3.05) is 11.9 Å². The molecule has 84 valence electrons. The number of para-hydroxylation sites is 1. The fraction of sp³-hybridized carbons (Fsp3) is 0.538. The second kappa shape index (κ2) is 6.46. The molecule has 0 aromatic heterocycles. The summed E-state index contributed by atoms with van der Waals surface area (Å²) in [5, 5.41) is 3.49. The molecular weight excluding hydrogens is 186 g/mol. The van der Waals surface area contributed by atoms with Crippen LogP contribution < -0.4 is 5.32 Å². The van der Waals surface area contributed by atoms with Crippen molar-refractivity contribution in [3.8, 4) is 0 Å². The summed E-state index contributed by atoms with van der Waals surface area (Å²) in [4.78, 5) is 0. The fourth-order valence-corrected chi connectivity index (χ4v) is 1.37. The summed E-state index contributed by atoms with van der Waals surface area (Å²) in [6.07, 6.45) is 1.13. The lowest BCUT2D eigenvalue weighted by molar-refractivity contribution is 0.134. The Balaban J connectivity index is 2.67. The molecule has 1 atom stereocenters. The summed E-state index contributed by atoms with van der Waals surface area (Å²) < 4.78 is 5.44. The van der Waals surface area contributed by atoms with Crippen LogP contribution in [0.1, 0.15) is 32.8 Å². The second-order valence-corrected chi connectivity index (χ2v) is 3.75. The maximum absolute atomic E-state index is 5.44. The summed E-state index contributed by atoms with van der Waals surface area (Å²) in [7, 11) is 0. The van der Waals surface area contributed by atoms with Gasteiger partial charge in [-0.1, -0.05) is 25.1 Å². The van der Waals surface area contributed by atoms with E-state index in [1.54, 1.807) is 0 Å². The number of nitrogens with one attached hydrogen (secondary N) is 1. The van der Waals surface area contributed by atoms with Gasteiger partial charge >= 0.3 is 0 Å². The van der Waals surface area contributed by atoms with Crippen molar-refractivity contribution in [3.05, 3.63) is 29.8 Å². The van der Waals surface area contributed by atoms with Crippen molar-refractivity contribution < 1.29 is 4.74 Å². The monoisotopic (exact) mass is 207 g/mol. The van der Waals surface area contributed by atoms with Gasteiger partial charge in [0.25, 0.3) is 0 Å². The Bertz CT molecular complexity index is 286. The number of anilines is 1. The van der Waals surface area contributed by atoms with Crippen LogP contribution in [0.25, 0.3) is 0 Å². The molecule has 1 aromatic rings. The minimum Gasteiger partial charge on any atom is -0.382 e. The highest BCUT2D eigenvalue weighted by Gasteiger charge is 2.03. The molecule has 0 bridgehead atoms. The number of benzene rings is 1. The molecule has 15 heavy (non-hydrogen) atoms. The van der Waals surface area contributed by atoms with Crippen LogP contribution in [0, 0.1) is 0 Å². The molecule has 0 spiro atoms. The molecule has 1 aromatic carbocycles. The van der Waals surface area contributed by atoms with E-state index in [4.69, 9.17) is 4.74 Å². The third-order valence-electron chi connectivity index (χ3n) is 2.49. The zero-order valence-electron chi connectivity index (χ0n) is 9.92. The first-order valence-electron chi connectivity index (χ1n) is 5.70. The summed E-state index contributed by atoms with van der Waals surface area (Å²) in [5.74, 6) is 0. The Kier molecular flexibility index (Phi) is 5.19. The summed E-state index contributed by atoms with van der Waals surface area (Å²) in [6, 6.07) is 8.84. The zero-order chi connectivity index (χ0) is 11.1. The van der Waals surface area contributed by atoms with Crippen LogP contribution in [0.15, 0.2) is 24.3 Å². The molecule has 0 aliphatic heterocycles. The number of hydrogen-bond donors (Lipinski definition) is 1. The van der Waals surface area contributed by atoms with Gasteiger partial charge in [0.2, 0.25) is 0 Å². The first kappa shape index (κ1) is 12.1. The van der Waals surface area contributed by atoms with Gasteiger partial charge < -0.3 is 10.1 Å². The Labute approximate surface area is 92.6 Å². The van der Waals surface area contributed by atoms with Crippen molar-refractivity contribution in [2.24, 2.45) is 0 Å². The van der Waals surface area contributed by atoms with Gasteiger partial charge in [0.05, 0.1) is 6.61 Å². The molecule has 2 heteroatoms. The lowest BCUT2D eigenvalue weighted by atomic mass is 10.1. The van der Waals surface area contributed by atoms with Crippen molar-refractivity contribution in [3.63, 3.8) is 0 Å². The lowest BCUT2D eigenvalue weighted by Crippen LogP contribution is -2.14. The van der Waals surface area contributed by atoms with E-state index in [1.165, 1.54) is 11.3 Å². The molecule has 1 rings (SSSR count). The van der Waals surface area contributed by atoms with Crippen molar-refractivity contribution in [1.82, 2.24) is 0 Å². The number of rotatable bonds is 6. The van der Waals surface area contributed by atoms with Crippen LogP contribution >= 0.6 is 0 Å². The van der Waals surface area contributed by atoms with Gasteiger partial charge in [0, 0.05) is 23.9 Å². The number of ether oxygens (including phenoxy) is 1. The minimum absolute atomic E-state index is 0.507. The molecule has 0 aliphatic carbocycles. The van der Waals surface area contributed by atoms with Crippen LogP contribution in [0.4, 0.5) is 5.69 Å². The Hall–Kier alpha value is -1.02. The largest absolute Gasteiger partial charge is 0.382 e. The van der Waals surface area contributed by atoms with Gasteiger partial charge in [0.15, 0.2) is 0 Å². The van der Waals surface area contributed by atoms with Gasteiger partial charge in [-0.15, -0.1) is 0 Å². The Morgan fingerprint density at radius 1 is 1.27 bits per heavy atom. The second-order valence-electron chi connectivity index (χ2n) is 3.75. The average molecular weight is 207 g/mol. The van der Waals surface area contributed by atoms with Crippen LogP contribution in [0.5, 0.6) is 0 Å². The standard InChI is InChI=1S/C13H21NO/c1-4-11(3)14-13-9-7-6-8-12(13)10-15-5-2/h6-9,11,14H,4-5,10H2,1-3H3. The smallest absolute Gasteiger partial charge is 0.0736 e. The van der Waals surface area contributed by atoms with Crippen LogP contribution in [0.3, 0.4) is 0 Å². The molecule has 0 fully saturated rings. The molecular formula is C13H21NO. The van der Waals surface area contributed by atoms with E-state index in [-0.39, 0.29) is 0 Å². The van der Waals surface area contributed by atoms with E-state index in [0.717, 1.165) is 13.0 Å². The normalized spacial score (nSPS) is 12.5.